The second kappa shape index (κ2) is 9.78. The van der Waals surface area contributed by atoms with Crippen LogP contribution in [0.5, 0.6) is 11.5 Å². The van der Waals surface area contributed by atoms with E-state index >= 15 is 0 Å². The van der Waals surface area contributed by atoms with Gasteiger partial charge in [-0.1, -0.05) is 23.8 Å². The van der Waals surface area contributed by atoms with Gasteiger partial charge in [0, 0.05) is 11.3 Å². The summed E-state index contributed by atoms with van der Waals surface area (Å²) in [5, 5.41) is 7.24. The maximum atomic E-state index is 12.1. The van der Waals surface area contributed by atoms with E-state index in [4.69, 9.17) is 9.47 Å². The maximum Gasteiger partial charge on any atom is 0.259 e. The molecule has 2 rings (SSSR count). The number of nitrogens with one attached hydrogen (secondary N) is 2. The third-order valence-corrected chi connectivity index (χ3v) is 4.08. The Morgan fingerprint density at radius 3 is 2.46 bits per heavy atom. The Morgan fingerprint density at radius 1 is 1.18 bits per heavy atom. The van der Waals surface area contributed by atoms with Crippen LogP contribution in [0.4, 0.5) is 5.69 Å². The molecular weight excluding hydrogens is 354 g/mol. The van der Waals surface area contributed by atoms with Crippen molar-refractivity contribution in [3.05, 3.63) is 52.6 Å². The number of rotatable bonds is 8. The van der Waals surface area contributed by atoms with Gasteiger partial charge in [0.2, 0.25) is 0 Å². The summed E-state index contributed by atoms with van der Waals surface area (Å²) in [4.78, 5) is 12.1. The van der Waals surface area contributed by atoms with Crippen LogP contribution in [-0.2, 0) is 4.79 Å². The van der Waals surface area contributed by atoms with E-state index in [9.17, 15) is 4.79 Å². The Balaban J connectivity index is 2.01. The quantitative estimate of drug-likeness (QED) is 0.534. The van der Waals surface area contributed by atoms with E-state index in [0.29, 0.717) is 11.5 Å². The van der Waals surface area contributed by atoms with Crippen molar-refractivity contribution >= 4 is 17.8 Å². The summed E-state index contributed by atoms with van der Waals surface area (Å²) in [6.45, 7) is 10.1. The van der Waals surface area contributed by atoms with Gasteiger partial charge in [0.05, 0.1) is 26.0 Å². The predicted molar refractivity (Wildman–Crippen MR) is 114 cm³/mol. The molecule has 0 aliphatic rings. The highest BCUT2D eigenvalue weighted by Gasteiger charge is 2.11. The molecule has 0 aliphatic heterocycles. The normalized spacial score (nSPS) is 11.0. The molecule has 28 heavy (non-hydrogen) atoms. The number of carbonyl (C=O) groups is 1. The van der Waals surface area contributed by atoms with Crippen LogP contribution in [0.25, 0.3) is 0 Å². The number of hydrogen-bond donors (Lipinski definition) is 2. The number of para-hydroxylation sites is 1. The summed E-state index contributed by atoms with van der Waals surface area (Å²) in [6.07, 6.45) is 1.55. The topological polar surface area (TPSA) is 72.0 Å². The van der Waals surface area contributed by atoms with E-state index in [2.05, 4.69) is 34.9 Å². The molecular formula is C22H29N3O3. The number of carbonyl (C=O) groups excluding carboxylic acids is 1. The molecule has 2 N–H and O–H groups in total. The fourth-order valence-corrected chi connectivity index (χ4v) is 3.00. The van der Waals surface area contributed by atoms with Gasteiger partial charge in [0.15, 0.2) is 11.5 Å². The lowest BCUT2D eigenvalue weighted by atomic mass is 10.1. The number of benzene rings is 2. The van der Waals surface area contributed by atoms with Gasteiger partial charge in [0.25, 0.3) is 5.91 Å². The molecule has 0 aliphatic carbocycles. The van der Waals surface area contributed by atoms with Crippen molar-refractivity contribution in [1.82, 2.24) is 5.43 Å². The number of ether oxygens (including phenoxy) is 2. The average molecular weight is 383 g/mol. The molecule has 0 aromatic heterocycles. The van der Waals surface area contributed by atoms with Crippen LogP contribution in [0.15, 0.2) is 35.4 Å². The third kappa shape index (κ3) is 5.74. The third-order valence-electron chi connectivity index (χ3n) is 4.08. The second-order valence-electron chi connectivity index (χ2n) is 6.97. The van der Waals surface area contributed by atoms with Crippen LogP contribution >= 0.6 is 0 Å². The molecule has 0 saturated heterocycles. The maximum absolute atomic E-state index is 12.1. The number of amides is 1. The number of methoxy groups -OCH3 is 1. The minimum atomic E-state index is -0.232. The molecule has 6 heteroatoms. The van der Waals surface area contributed by atoms with Crippen molar-refractivity contribution in [2.45, 2.75) is 40.7 Å². The smallest absolute Gasteiger partial charge is 0.259 e. The van der Waals surface area contributed by atoms with Gasteiger partial charge in [-0.3, -0.25) is 4.79 Å². The molecule has 0 atom stereocenters. The van der Waals surface area contributed by atoms with Crippen LogP contribution < -0.4 is 20.2 Å². The zero-order valence-electron chi connectivity index (χ0n) is 17.4. The van der Waals surface area contributed by atoms with Gasteiger partial charge in [-0.25, -0.2) is 5.43 Å². The summed E-state index contributed by atoms with van der Waals surface area (Å²) in [5.74, 6) is 0.989. The van der Waals surface area contributed by atoms with Crippen LogP contribution in [0, 0.1) is 20.8 Å². The highest BCUT2D eigenvalue weighted by atomic mass is 16.5. The van der Waals surface area contributed by atoms with Crippen molar-refractivity contribution < 1.29 is 14.3 Å². The molecule has 2 aromatic rings. The number of hydrazone groups is 1. The molecule has 6 nitrogen and oxygen atoms in total. The molecule has 0 radical (unpaired) electrons. The summed E-state index contributed by atoms with van der Waals surface area (Å²) >= 11 is 0. The fraction of sp³-hybridized carbons (Fsp3) is 0.364. The van der Waals surface area contributed by atoms with E-state index in [1.54, 1.807) is 13.3 Å². The van der Waals surface area contributed by atoms with Gasteiger partial charge in [-0.15, -0.1) is 0 Å². The van der Waals surface area contributed by atoms with Gasteiger partial charge in [-0.2, -0.15) is 5.10 Å². The van der Waals surface area contributed by atoms with E-state index in [0.717, 1.165) is 22.4 Å². The van der Waals surface area contributed by atoms with E-state index in [-0.39, 0.29) is 18.6 Å². The van der Waals surface area contributed by atoms with Gasteiger partial charge >= 0.3 is 0 Å². The first kappa shape index (κ1) is 21.3. The summed E-state index contributed by atoms with van der Waals surface area (Å²) in [7, 11) is 1.59. The largest absolute Gasteiger partial charge is 0.493 e. The van der Waals surface area contributed by atoms with Crippen LogP contribution in [0.1, 0.15) is 36.1 Å². The number of aryl methyl sites for hydroxylation is 3. The first-order chi connectivity index (χ1) is 13.3. The first-order valence-corrected chi connectivity index (χ1v) is 9.29. The number of anilines is 1. The average Bonchev–Trinajstić information content (AvgIpc) is 2.61. The highest BCUT2D eigenvalue weighted by Crippen LogP contribution is 2.30. The van der Waals surface area contributed by atoms with Gasteiger partial charge < -0.3 is 14.8 Å². The fourth-order valence-electron chi connectivity index (χ4n) is 3.00. The number of hydrogen-bond acceptors (Lipinski definition) is 5. The molecule has 150 valence electrons. The van der Waals surface area contributed by atoms with Crippen molar-refractivity contribution in [2.24, 2.45) is 5.10 Å². The Hall–Kier alpha value is -3.02. The Labute approximate surface area is 166 Å². The number of nitrogens with zero attached hydrogens (tertiary/aromatic N) is 1. The van der Waals surface area contributed by atoms with Crippen LogP contribution in [0.3, 0.4) is 0 Å². The van der Waals surface area contributed by atoms with Crippen molar-refractivity contribution in [3.63, 3.8) is 0 Å². The summed E-state index contributed by atoms with van der Waals surface area (Å²) in [6, 6.07) is 9.70. The summed E-state index contributed by atoms with van der Waals surface area (Å²) in [5.41, 5.74) is 7.67. The SMILES string of the molecule is COc1cccc(/C=N\NC(=O)CNc2c(C)cc(C)cc2C)c1OC(C)C. The standard InChI is InChI=1S/C22H29N3O3/c1-14(2)28-22-18(8-7-9-19(22)27-6)12-24-25-20(26)13-23-21-16(4)10-15(3)11-17(21)5/h7-12,14,23H,13H2,1-6H3,(H,25,26)/b24-12-. The van der Waals surface area contributed by atoms with Gasteiger partial charge in [0.1, 0.15) is 0 Å². The lowest BCUT2D eigenvalue weighted by molar-refractivity contribution is -0.119. The lowest BCUT2D eigenvalue weighted by Crippen LogP contribution is -2.26. The van der Waals surface area contributed by atoms with E-state index < -0.39 is 0 Å². The van der Waals surface area contributed by atoms with Gasteiger partial charge in [-0.05, 0) is 57.9 Å². The highest BCUT2D eigenvalue weighted by molar-refractivity contribution is 5.87. The zero-order chi connectivity index (χ0) is 20.7. The van der Waals surface area contributed by atoms with E-state index in [1.807, 2.05) is 45.9 Å². The monoisotopic (exact) mass is 383 g/mol. The first-order valence-electron chi connectivity index (χ1n) is 9.29. The van der Waals surface area contributed by atoms with E-state index in [1.165, 1.54) is 5.56 Å². The van der Waals surface area contributed by atoms with Crippen molar-refractivity contribution in [1.29, 1.82) is 0 Å². The Bertz CT molecular complexity index is 837. The van der Waals surface area contributed by atoms with Crippen molar-refractivity contribution in [2.75, 3.05) is 19.0 Å². The molecule has 0 saturated carbocycles. The predicted octanol–water partition coefficient (Wildman–Crippen LogP) is 3.97. The minimum absolute atomic E-state index is 0.0109. The zero-order valence-corrected chi connectivity index (χ0v) is 17.4. The van der Waals surface area contributed by atoms with Crippen LogP contribution in [-0.4, -0.2) is 31.9 Å². The van der Waals surface area contributed by atoms with Crippen molar-refractivity contribution in [3.8, 4) is 11.5 Å². The molecule has 0 spiro atoms. The Morgan fingerprint density at radius 2 is 1.86 bits per heavy atom. The molecule has 0 unspecified atom stereocenters. The second-order valence-corrected chi connectivity index (χ2v) is 6.97. The molecule has 0 fully saturated rings. The van der Waals surface area contributed by atoms with Crippen LogP contribution in [0.2, 0.25) is 0 Å². The lowest BCUT2D eigenvalue weighted by Gasteiger charge is -2.15. The molecule has 0 bridgehead atoms. The molecule has 2 aromatic carbocycles. The molecule has 0 heterocycles. The minimum Gasteiger partial charge on any atom is -0.493 e. The molecule has 1 amide bonds. The Kier molecular flexibility index (Phi) is 7.44. The summed E-state index contributed by atoms with van der Waals surface area (Å²) < 4.78 is 11.2.